The molecule has 0 aliphatic heterocycles. The van der Waals surface area contributed by atoms with Crippen LogP contribution in [-0.2, 0) is 0 Å². The van der Waals surface area contributed by atoms with E-state index in [1.165, 1.54) is 4.88 Å². The third-order valence-corrected chi connectivity index (χ3v) is 4.62. The van der Waals surface area contributed by atoms with Gasteiger partial charge in [0.05, 0.1) is 13.2 Å². The zero-order chi connectivity index (χ0) is 14.7. The highest BCUT2D eigenvalue weighted by Crippen LogP contribution is 2.35. The van der Waals surface area contributed by atoms with Crippen molar-refractivity contribution in [3.05, 3.63) is 51.2 Å². The Morgan fingerprint density at radius 3 is 2.55 bits per heavy atom. The molecule has 20 heavy (non-hydrogen) atoms. The molecule has 2 atom stereocenters. The molecule has 2 aromatic rings. The van der Waals surface area contributed by atoms with E-state index in [1.54, 1.807) is 18.4 Å². The van der Waals surface area contributed by atoms with Gasteiger partial charge >= 0.3 is 0 Å². The van der Waals surface area contributed by atoms with Gasteiger partial charge in [0.2, 0.25) is 0 Å². The van der Waals surface area contributed by atoms with Crippen molar-refractivity contribution in [1.29, 1.82) is 0 Å². The van der Waals surface area contributed by atoms with Crippen LogP contribution >= 0.6 is 11.3 Å². The largest absolute Gasteiger partial charge is 0.496 e. The third-order valence-electron chi connectivity index (χ3n) is 3.55. The van der Waals surface area contributed by atoms with Gasteiger partial charge in [-0.05, 0) is 43.2 Å². The van der Waals surface area contributed by atoms with Crippen LogP contribution in [0.3, 0.4) is 0 Å². The number of rotatable bonds is 5. The van der Waals surface area contributed by atoms with E-state index in [4.69, 9.17) is 10.5 Å². The molecule has 0 amide bonds. The van der Waals surface area contributed by atoms with Gasteiger partial charge in [-0.2, -0.15) is 0 Å². The van der Waals surface area contributed by atoms with Crippen molar-refractivity contribution in [1.82, 2.24) is 0 Å². The first-order valence-electron chi connectivity index (χ1n) is 6.65. The first-order chi connectivity index (χ1) is 9.56. The average molecular weight is 291 g/mol. The summed E-state index contributed by atoms with van der Waals surface area (Å²) in [5, 5.41) is 10.6. The summed E-state index contributed by atoms with van der Waals surface area (Å²) in [5.41, 5.74) is 7.97. The molecule has 1 aromatic carbocycles. The molecular formula is C16H21NO2S. The van der Waals surface area contributed by atoms with Crippen molar-refractivity contribution in [2.24, 2.45) is 5.73 Å². The molecule has 2 unspecified atom stereocenters. The van der Waals surface area contributed by atoms with Crippen molar-refractivity contribution in [3.63, 3.8) is 0 Å². The lowest BCUT2D eigenvalue weighted by molar-refractivity contribution is 0.151. The number of aliphatic hydroxyl groups is 1. The number of nitrogens with two attached hydrogens (primary N) is 1. The summed E-state index contributed by atoms with van der Waals surface area (Å²) in [5.74, 6) is 0.707. The number of thiophene rings is 1. The molecule has 0 aliphatic rings. The number of aliphatic hydroxyl groups excluding tert-OH is 1. The van der Waals surface area contributed by atoms with Crippen LogP contribution in [0, 0.1) is 13.8 Å². The summed E-state index contributed by atoms with van der Waals surface area (Å²) in [6, 6.07) is 9.98. The van der Waals surface area contributed by atoms with Gasteiger partial charge in [-0.3, -0.25) is 0 Å². The lowest BCUT2D eigenvalue weighted by Crippen LogP contribution is -2.19. The van der Waals surface area contributed by atoms with E-state index < -0.39 is 6.10 Å². The minimum Gasteiger partial charge on any atom is -0.496 e. The Morgan fingerprint density at radius 2 is 2.00 bits per heavy atom. The fourth-order valence-electron chi connectivity index (χ4n) is 2.33. The van der Waals surface area contributed by atoms with Gasteiger partial charge in [-0.25, -0.2) is 0 Å². The second-order valence-corrected chi connectivity index (χ2v) is 6.28. The predicted molar refractivity (Wildman–Crippen MR) is 83.5 cm³/mol. The summed E-state index contributed by atoms with van der Waals surface area (Å²) < 4.78 is 5.35. The van der Waals surface area contributed by atoms with Crippen LogP contribution in [-0.4, -0.2) is 18.8 Å². The lowest BCUT2D eigenvalue weighted by Gasteiger charge is -2.22. The SMILES string of the molecule is COc1cc(C(CN)C(O)c2ccc(C)s2)ccc1C. The minimum atomic E-state index is -0.578. The van der Waals surface area contributed by atoms with Crippen LogP contribution in [0.4, 0.5) is 0 Å². The summed E-state index contributed by atoms with van der Waals surface area (Å²) in [6.45, 7) is 4.43. The highest BCUT2D eigenvalue weighted by molar-refractivity contribution is 7.12. The van der Waals surface area contributed by atoms with Gasteiger partial charge in [-0.15, -0.1) is 11.3 Å². The number of aryl methyl sites for hydroxylation is 2. The van der Waals surface area contributed by atoms with Crippen LogP contribution in [0.1, 0.15) is 32.9 Å². The molecule has 0 aliphatic carbocycles. The Morgan fingerprint density at radius 1 is 1.25 bits per heavy atom. The molecule has 3 nitrogen and oxygen atoms in total. The standard InChI is InChI=1S/C16H21NO2S/c1-10-4-6-12(8-14(10)19-3)13(9-17)16(18)15-7-5-11(2)20-15/h4-8,13,16,18H,9,17H2,1-3H3. The highest BCUT2D eigenvalue weighted by Gasteiger charge is 2.23. The molecule has 2 rings (SSSR count). The van der Waals surface area contributed by atoms with Crippen molar-refractivity contribution >= 4 is 11.3 Å². The zero-order valence-corrected chi connectivity index (χ0v) is 12.9. The maximum atomic E-state index is 10.6. The van der Waals surface area contributed by atoms with Gasteiger partial charge in [-0.1, -0.05) is 12.1 Å². The molecule has 4 heteroatoms. The number of benzene rings is 1. The van der Waals surface area contributed by atoms with Crippen molar-refractivity contribution < 1.29 is 9.84 Å². The molecule has 1 aromatic heterocycles. The fraction of sp³-hybridized carbons (Fsp3) is 0.375. The molecular weight excluding hydrogens is 270 g/mol. The van der Waals surface area contributed by atoms with Gasteiger partial charge in [0.25, 0.3) is 0 Å². The van der Waals surface area contributed by atoms with Gasteiger partial charge < -0.3 is 15.6 Å². The average Bonchev–Trinajstić information content (AvgIpc) is 2.88. The fourth-order valence-corrected chi connectivity index (χ4v) is 3.25. The van der Waals surface area contributed by atoms with Crippen molar-refractivity contribution in [2.45, 2.75) is 25.9 Å². The Hall–Kier alpha value is -1.36. The normalized spacial score (nSPS) is 14.1. The zero-order valence-electron chi connectivity index (χ0n) is 12.1. The smallest absolute Gasteiger partial charge is 0.122 e. The molecule has 0 fully saturated rings. The first-order valence-corrected chi connectivity index (χ1v) is 7.47. The van der Waals surface area contributed by atoms with E-state index >= 15 is 0 Å². The number of hydrogen-bond donors (Lipinski definition) is 2. The monoisotopic (exact) mass is 291 g/mol. The third kappa shape index (κ3) is 3.03. The molecule has 0 radical (unpaired) electrons. The number of methoxy groups -OCH3 is 1. The van der Waals surface area contributed by atoms with E-state index in [9.17, 15) is 5.11 Å². The maximum Gasteiger partial charge on any atom is 0.122 e. The molecule has 0 saturated heterocycles. The lowest BCUT2D eigenvalue weighted by atomic mass is 9.91. The van der Waals surface area contributed by atoms with E-state index in [1.807, 2.05) is 44.2 Å². The van der Waals surface area contributed by atoms with E-state index in [2.05, 4.69) is 0 Å². The minimum absolute atomic E-state index is 0.123. The summed E-state index contributed by atoms with van der Waals surface area (Å²) >= 11 is 1.61. The van der Waals surface area contributed by atoms with E-state index in [0.29, 0.717) is 6.54 Å². The van der Waals surface area contributed by atoms with Crippen LogP contribution in [0.2, 0.25) is 0 Å². The Balaban J connectivity index is 2.32. The Bertz CT molecular complexity index is 580. The second-order valence-electron chi connectivity index (χ2n) is 4.96. The van der Waals surface area contributed by atoms with Gasteiger partial charge in [0, 0.05) is 22.2 Å². The van der Waals surface area contributed by atoms with Gasteiger partial charge in [0.15, 0.2) is 0 Å². The summed E-state index contributed by atoms with van der Waals surface area (Å²) in [4.78, 5) is 2.15. The Labute approximate surface area is 124 Å². The van der Waals surface area contributed by atoms with E-state index in [0.717, 1.165) is 21.8 Å². The number of hydrogen-bond acceptors (Lipinski definition) is 4. The molecule has 0 bridgehead atoms. The van der Waals surface area contributed by atoms with Crippen LogP contribution in [0.5, 0.6) is 5.75 Å². The topological polar surface area (TPSA) is 55.5 Å². The first kappa shape index (κ1) is 15.0. The molecule has 108 valence electrons. The Kier molecular flexibility index (Phi) is 4.81. The molecule has 0 saturated carbocycles. The van der Waals surface area contributed by atoms with Crippen LogP contribution in [0.15, 0.2) is 30.3 Å². The van der Waals surface area contributed by atoms with Gasteiger partial charge in [0.1, 0.15) is 5.75 Å². The highest BCUT2D eigenvalue weighted by atomic mass is 32.1. The van der Waals surface area contributed by atoms with Crippen LogP contribution in [0.25, 0.3) is 0 Å². The molecule has 0 spiro atoms. The summed E-state index contributed by atoms with van der Waals surface area (Å²) in [6.07, 6.45) is -0.578. The second kappa shape index (κ2) is 6.39. The van der Waals surface area contributed by atoms with Crippen molar-refractivity contribution in [2.75, 3.05) is 13.7 Å². The maximum absolute atomic E-state index is 10.6. The number of ether oxygens (including phenoxy) is 1. The van der Waals surface area contributed by atoms with Crippen molar-refractivity contribution in [3.8, 4) is 5.75 Å². The molecule has 1 heterocycles. The van der Waals surface area contributed by atoms with Crippen LogP contribution < -0.4 is 10.5 Å². The quantitative estimate of drug-likeness (QED) is 0.889. The summed E-state index contributed by atoms with van der Waals surface area (Å²) in [7, 11) is 1.66. The molecule has 3 N–H and O–H groups in total. The van der Waals surface area contributed by atoms with E-state index in [-0.39, 0.29) is 5.92 Å². The predicted octanol–water partition coefficient (Wildman–Crippen LogP) is 3.15.